The molecule has 0 spiro atoms. The minimum Gasteiger partial charge on any atom is -0.288 e. The van der Waals surface area contributed by atoms with Crippen LogP contribution in [0.4, 0.5) is 0 Å². The highest BCUT2D eigenvalue weighted by molar-refractivity contribution is 7.99. The first-order chi connectivity index (χ1) is 16.1. The molecule has 1 N–H and O–H groups in total. The van der Waals surface area contributed by atoms with Gasteiger partial charge in [0.05, 0.1) is 12.0 Å². The SMILES string of the molecule is CC(C)c1cc(C(C)C)c(SOOO)c(C(C)C2CC[S+](C(C)(C)C(=O)c3ccccc3)C2)c1. The van der Waals surface area contributed by atoms with Gasteiger partial charge in [0.2, 0.25) is 5.78 Å². The zero-order valence-corrected chi connectivity index (χ0v) is 23.1. The monoisotopic (exact) mass is 503 g/mol. The third-order valence-electron chi connectivity index (χ3n) is 7.26. The molecular weight excluding hydrogens is 464 g/mol. The predicted octanol–water partition coefficient (Wildman–Crippen LogP) is 7.76. The van der Waals surface area contributed by atoms with Crippen molar-refractivity contribution in [1.82, 2.24) is 0 Å². The van der Waals surface area contributed by atoms with Crippen molar-refractivity contribution >= 4 is 28.7 Å². The van der Waals surface area contributed by atoms with Crippen LogP contribution in [0.25, 0.3) is 0 Å². The number of ketones is 1. The first kappa shape index (κ1) is 27.3. The maximum absolute atomic E-state index is 13.4. The summed E-state index contributed by atoms with van der Waals surface area (Å²) < 4.78 is 4.58. The molecule has 4 nitrogen and oxygen atoms in total. The number of carbonyl (C=O) groups excluding carboxylic acids is 1. The molecule has 1 fully saturated rings. The van der Waals surface area contributed by atoms with Crippen LogP contribution in [0.2, 0.25) is 0 Å². The van der Waals surface area contributed by atoms with Crippen LogP contribution >= 0.6 is 12.0 Å². The Morgan fingerprint density at radius 1 is 1.06 bits per heavy atom. The molecule has 34 heavy (non-hydrogen) atoms. The van der Waals surface area contributed by atoms with E-state index in [1.165, 1.54) is 16.7 Å². The van der Waals surface area contributed by atoms with Crippen LogP contribution in [0.15, 0.2) is 47.4 Å². The summed E-state index contributed by atoms with van der Waals surface area (Å²) in [6.45, 7) is 15.4. The first-order valence-corrected chi connectivity index (χ1v) is 14.5. The van der Waals surface area contributed by atoms with Gasteiger partial charge in [-0.25, -0.2) is 5.26 Å². The Hall–Kier alpha value is -1.31. The number of hydrogen-bond acceptors (Lipinski definition) is 5. The molecule has 1 heterocycles. The van der Waals surface area contributed by atoms with E-state index in [2.05, 4.69) is 65.6 Å². The fourth-order valence-corrected chi connectivity index (χ4v) is 8.71. The second-order valence-corrected chi connectivity index (χ2v) is 13.9. The van der Waals surface area contributed by atoms with Crippen LogP contribution in [-0.4, -0.2) is 27.3 Å². The van der Waals surface area contributed by atoms with Crippen molar-refractivity contribution in [3.8, 4) is 0 Å². The third kappa shape index (κ3) is 5.90. The Balaban J connectivity index is 1.89. The summed E-state index contributed by atoms with van der Waals surface area (Å²) in [6, 6.07) is 14.3. The molecule has 1 saturated heterocycles. The van der Waals surface area contributed by atoms with E-state index in [1.54, 1.807) is 0 Å². The van der Waals surface area contributed by atoms with Crippen molar-refractivity contribution in [3.63, 3.8) is 0 Å². The summed E-state index contributed by atoms with van der Waals surface area (Å²) in [4.78, 5) is 14.4. The molecule has 0 radical (unpaired) electrons. The zero-order chi connectivity index (χ0) is 25.0. The van der Waals surface area contributed by atoms with E-state index in [1.807, 2.05) is 30.3 Å². The van der Waals surface area contributed by atoms with Gasteiger partial charge in [-0.15, -0.1) is 4.33 Å². The normalized spacial score (nSPS) is 19.7. The number of benzene rings is 2. The second kappa shape index (κ2) is 11.6. The minimum atomic E-state index is -0.371. The van der Waals surface area contributed by atoms with Crippen LogP contribution in [-0.2, 0) is 20.3 Å². The summed E-state index contributed by atoms with van der Waals surface area (Å²) in [5.41, 5.74) is 4.59. The van der Waals surface area contributed by atoms with Crippen LogP contribution in [0, 0.1) is 5.92 Å². The molecule has 1 aliphatic rings. The van der Waals surface area contributed by atoms with Crippen LogP contribution in [0.3, 0.4) is 0 Å². The quantitative estimate of drug-likeness (QED) is 0.118. The largest absolute Gasteiger partial charge is 0.288 e. The van der Waals surface area contributed by atoms with Crippen molar-refractivity contribution in [2.24, 2.45) is 5.92 Å². The number of carbonyl (C=O) groups is 1. The lowest BCUT2D eigenvalue weighted by atomic mass is 9.83. The van der Waals surface area contributed by atoms with E-state index in [0.717, 1.165) is 40.4 Å². The fourth-order valence-electron chi connectivity index (χ4n) is 4.84. The van der Waals surface area contributed by atoms with Gasteiger partial charge in [0.25, 0.3) is 0 Å². The molecule has 0 saturated carbocycles. The number of rotatable bonds is 10. The van der Waals surface area contributed by atoms with E-state index in [0.29, 0.717) is 23.7 Å². The maximum Gasteiger partial charge on any atom is 0.217 e. The van der Waals surface area contributed by atoms with Crippen LogP contribution < -0.4 is 0 Å². The zero-order valence-electron chi connectivity index (χ0n) is 21.5. The molecule has 1 aliphatic heterocycles. The standard InChI is InChI=1S/C28H38O4S2/c1-18(2)23-15-24(19(3)4)26(33-32-31-30)25(16-23)20(5)22-13-14-34(17-22)28(6,7)27(29)21-11-9-8-10-12-21/h8-12,15-16,18-20,22H,13-14,17H2,1-7H3/p+1. The Morgan fingerprint density at radius 3 is 2.29 bits per heavy atom. The van der Waals surface area contributed by atoms with E-state index in [4.69, 9.17) is 9.59 Å². The molecule has 3 rings (SSSR count). The van der Waals surface area contributed by atoms with Crippen molar-refractivity contribution in [3.05, 3.63) is 64.7 Å². The molecule has 186 valence electrons. The lowest BCUT2D eigenvalue weighted by molar-refractivity contribution is -0.432. The molecule has 0 aromatic heterocycles. The summed E-state index contributed by atoms with van der Waals surface area (Å²) in [6.07, 6.45) is 1.11. The highest BCUT2D eigenvalue weighted by Gasteiger charge is 2.50. The van der Waals surface area contributed by atoms with Crippen molar-refractivity contribution in [2.45, 2.75) is 82.3 Å². The molecule has 2 aromatic rings. The Morgan fingerprint density at radius 2 is 1.71 bits per heavy atom. The third-order valence-corrected chi connectivity index (χ3v) is 11.2. The number of hydrogen-bond donors (Lipinski definition) is 1. The highest BCUT2D eigenvalue weighted by Crippen LogP contribution is 2.45. The van der Waals surface area contributed by atoms with Gasteiger partial charge in [-0.3, -0.25) is 4.79 Å². The molecule has 0 bridgehead atoms. The smallest absolute Gasteiger partial charge is 0.217 e. The van der Waals surface area contributed by atoms with E-state index < -0.39 is 0 Å². The molecule has 3 atom stereocenters. The fraction of sp³-hybridized carbons (Fsp3) is 0.536. The van der Waals surface area contributed by atoms with Gasteiger partial charge in [0.15, 0.2) is 4.75 Å². The molecule has 6 heteroatoms. The van der Waals surface area contributed by atoms with Crippen molar-refractivity contribution in [2.75, 3.05) is 11.5 Å². The Bertz CT molecular complexity index is 972. The van der Waals surface area contributed by atoms with E-state index in [-0.39, 0.29) is 21.4 Å². The molecule has 0 aliphatic carbocycles. The predicted molar refractivity (Wildman–Crippen MR) is 144 cm³/mol. The summed E-state index contributed by atoms with van der Waals surface area (Å²) in [5.74, 6) is 3.91. The average Bonchev–Trinajstić information content (AvgIpc) is 3.33. The summed E-state index contributed by atoms with van der Waals surface area (Å²) >= 11 is 1.09. The Kier molecular flexibility index (Phi) is 9.32. The summed E-state index contributed by atoms with van der Waals surface area (Å²) in [5, 5.41) is 12.8. The minimum absolute atomic E-state index is 0.0148. The second-order valence-electron chi connectivity index (χ2n) is 10.5. The summed E-state index contributed by atoms with van der Waals surface area (Å²) in [7, 11) is 0.0148. The maximum atomic E-state index is 13.4. The first-order valence-electron chi connectivity index (χ1n) is 12.2. The van der Waals surface area contributed by atoms with E-state index >= 15 is 0 Å². The lowest BCUT2D eigenvalue weighted by Gasteiger charge is -2.26. The van der Waals surface area contributed by atoms with Gasteiger partial charge < -0.3 is 0 Å². The number of Topliss-reactive ketones (excluding diaryl/α,β-unsaturated/α-hetero) is 1. The Labute approximate surface area is 212 Å². The van der Waals surface area contributed by atoms with Gasteiger partial charge in [-0.1, -0.05) is 82.1 Å². The topological polar surface area (TPSA) is 55.8 Å². The highest BCUT2D eigenvalue weighted by atomic mass is 32.2. The molecular formula is C28H39O4S2+. The van der Waals surface area contributed by atoms with Crippen LogP contribution in [0.5, 0.6) is 0 Å². The van der Waals surface area contributed by atoms with Gasteiger partial charge >= 0.3 is 0 Å². The van der Waals surface area contributed by atoms with Crippen molar-refractivity contribution in [1.29, 1.82) is 0 Å². The van der Waals surface area contributed by atoms with E-state index in [9.17, 15) is 4.79 Å². The molecule has 0 amide bonds. The molecule has 3 unspecified atom stereocenters. The van der Waals surface area contributed by atoms with Gasteiger partial charge in [0.1, 0.15) is 11.5 Å². The molecule has 2 aromatic carbocycles. The van der Waals surface area contributed by atoms with Gasteiger partial charge in [0, 0.05) is 27.3 Å². The lowest BCUT2D eigenvalue weighted by Crippen LogP contribution is -2.42. The van der Waals surface area contributed by atoms with Gasteiger partial charge in [-0.05, 0) is 54.7 Å². The van der Waals surface area contributed by atoms with Gasteiger partial charge in [-0.2, -0.15) is 0 Å². The van der Waals surface area contributed by atoms with Crippen molar-refractivity contribution < 1.29 is 19.4 Å². The average molecular weight is 504 g/mol. The van der Waals surface area contributed by atoms with Crippen LogP contribution in [0.1, 0.15) is 99.7 Å².